The van der Waals surface area contributed by atoms with Crippen LogP contribution in [-0.4, -0.2) is 58.2 Å². The van der Waals surface area contributed by atoms with Crippen LogP contribution in [0, 0.1) is 0 Å². The Labute approximate surface area is 146 Å². The van der Waals surface area contributed by atoms with Crippen molar-refractivity contribution in [2.45, 2.75) is 50.4 Å². The summed E-state index contributed by atoms with van der Waals surface area (Å²) in [7, 11) is 0. The first-order chi connectivity index (χ1) is 11.3. The third-order valence-corrected chi connectivity index (χ3v) is 4.08. The average molecular weight is 352 g/mol. The van der Waals surface area contributed by atoms with Crippen molar-refractivity contribution in [1.29, 1.82) is 0 Å². The van der Waals surface area contributed by atoms with Gasteiger partial charge in [0.1, 0.15) is 11.4 Å². The van der Waals surface area contributed by atoms with Crippen molar-refractivity contribution in [3.63, 3.8) is 0 Å². The molecule has 0 aromatic carbocycles. The lowest BCUT2D eigenvalue weighted by Gasteiger charge is -2.34. The van der Waals surface area contributed by atoms with Gasteiger partial charge >= 0.3 is 6.09 Å². The van der Waals surface area contributed by atoms with Crippen molar-refractivity contribution in [3.8, 4) is 0 Å². The zero-order chi connectivity index (χ0) is 17.7. The second-order valence-corrected chi connectivity index (χ2v) is 7.46. The zero-order valence-corrected chi connectivity index (χ0v) is 15.4. The summed E-state index contributed by atoms with van der Waals surface area (Å²) in [6.07, 6.45) is 5.59. The van der Waals surface area contributed by atoms with Gasteiger partial charge in [0.05, 0.1) is 5.56 Å². The number of carbonyl (C=O) groups is 2. The lowest BCUT2D eigenvalue weighted by Crippen LogP contribution is -2.47. The largest absolute Gasteiger partial charge is 0.444 e. The number of nitrogens with zero attached hydrogens (tertiary/aromatic N) is 3. The molecule has 2 heterocycles. The van der Waals surface area contributed by atoms with Gasteiger partial charge in [-0.25, -0.2) is 14.8 Å². The molecule has 1 atom stereocenters. The Hall–Kier alpha value is -1.83. The molecule has 24 heavy (non-hydrogen) atoms. The van der Waals surface area contributed by atoms with Crippen molar-refractivity contribution >= 4 is 30.0 Å². The first-order valence-electron chi connectivity index (χ1n) is 7.93. The zero-order valence-electron chi connectivity index (χ0n) is 14.5. The van der Waals surface area contributed by atoms with E-state index >= 15 is 0 Å². The Morgan fingerprint density at radius 1 is 1.50 bits per heavy atom. The van der Waals surface area contributed by atoms with Gasteiger partial charge in [-0.05, 0) is 39.9 Å². The Kier molecular flexibility index (Phi) is 6.04. The van der Waals surface area contributed by atoms with Crippen LogP contribution in [0.5, 0.6) is 0 Å². The van der Waals surface area contributed by atoms with E-state index in [4.69, 9.17) is 4.74 Å². The van der Waals surface area contributed by atoms with Crippen LogP contribution >= 0.6 is 11.8 Å². The fourth-order valence-corrected chi connectivity index (χ4v) is 2.80. The third-order valence-electron chi connectivity index (χ3n) is 3.52. The van der Waals surface area contributed by atoms with Gasteiger partial charge in [-0.15, -0.1) is 0 Å². The number of likely N-dealkylation sites (tertiary alicyclic amines) is 1. The van der Waals surface area contributed by atoms with Crippen LogP contribution < -0.4 is 5.32 Å². The van der Waals surface area contributed by atoms with E-state index in [9.17, 15) is 9.59 Å². The molecule has 1 fully saturated rings. The maximum absolute atomic E-state index is 12.2. The van der Waals surface area contributed by atoms with Crippen molar-refractivity contribution in [2.24, 2.45) is 0 Å². The van der Waals surface area contributed by atoms with Crippen LogP contribution in [0.4, 0.5) is 10.6 Å². The molecule has 132 valence electrons. The molecule has 1 aliphatic heterocycles. The fourth-order valence-electron chi connectivity index (χ4n) is 2.46. The minimum Gasteiger partial charge on any atom is -0.444 e. The van der Waals surface area contributed by atoms with Crippen LogP contribution in [-0.2, 0) is 4.74 Å². The Bertz CT molecular complexity index is 603. The second kappa shape index (κ2) is 7.83. The van der Waals surface area contributed by atoms with E-state index < -0.39 is 5.60 Å². The molecular weight excluding hydrogens is 328 g/mol. The molecule has 0 radical (unpaired) electrons. The Balaban J connectivity index is 2.05. The SMILES string of the molecule is CSc1ncc(C=O)c(NC2CCCN(C(=O)OC(C)(C)C)C2)n1. The standard InChI is InChI=1S/C16H24N4O3S/c1-16(2,3)23-15(22)20-7-5-6-12(9-20)18-13-11(10-21)8-17-14(19-13)24-4/h8,10,12H,5-7,9H2,1-4H3,(H,17,18,19). The molecule has 7 nitrogen and oxygen atoms in total. The molecule has 1 aliphatic rings. The number of anilines is 1. The van der Waals surface area contributed by atoms with E-state index in [2.05, 4.69) is 15.3 Å². The normalized spacial score (nSPS) is 18.2. The van der Waals surface area contributed by atoms with Crippen LogP contribution in [0.3, 0.4) is 0 Å². The molecule has 0 bridgehead atoms. The molecule has 8 heteroatoms. The van der Waals surface area contributed by atoms with Gasteiger partial charge in [-0.1, -0.05) is 11.8 Å². The minimum atomic E-state index is -0.512. The number of hydrogen-bond acceptors (Lipinski definition) is 7. The lowest BCUT2D eigenvalue weighted by molar-refractivity contribution is 0.0206. The molecule has 1 N–H and O–H groups in total. The van der Waals surface area contributed by atoms with E-state index in [1.54, 1.807) is 4.90 Å². The number of carbonyl (C=O) groups excluding carboxylic acids is 2. The molecule has 1 aromatic heterocycles. The molecule has 0 spiro atoms. The van der Waals surface area contributed by atoms with Crippen molar-refractivity contribution < 1.29 is 14.3 Å². The van der Waals surface area contributed by atoms with Gasteiger partial charge in [-0.2, -0.15) is 0 Å². The lowest BCUT2D eigenvalue weighted by atomic mass is 10.1. The second-order valence-electron chi connectivity index (χ2n) is 6.69. The monoisotopic (exact) mass is 352 g/mol. The maximum atomic E-state index is 12.2. The predicted molar refractivity (Wildman–Crippen MR) is 93.7 cm³/mol. The van der Waals surface area contributed by atoms with E-state index in [1.807, 2.05) is 27.0 Å². The fraction of sp³-hybridized carbons (Fsp3) is 0.625. The van der Waals surface area contributed by atoms with Gasteiger partial charge in [0.15, 0.2) is 11.4 Å². The van der Waals surface area contributed by atoms with Crippen LogP contribution in [0.25, 0.3) is 0 Å². The highest BCUT2D eigenvalue weighted by atomic mass is 32.2. The molecule has 1 saturated heterocycles. The molecule has 0 saturated carbocycles. The molecule has 1 amide bonds. The number of aldehydes is 1. The van der Waals surface area contributed by atoms with Crippen molar-refractivity contribution in [2.75, 3.05) is 24.7 Å². The predicted octanol–water partition coefficient (Wildman–Crippen LogP) is 2.82. The van der Waals surface area contributed by atoms with E-state index in [0.29, 0.717) is 29.6 Å². The summed E-state index contributed by atoms with van der Waals surface area (Å²) in [6.45, 7) is 6.75. The third kappa shape index (κ3) is 5.09. The van der Waals surface area contributed by atoms with Crippen molar-refractivity contribution in [1.82, 2.24) is 14.9 Å². The number of piperidine rings is 1. The molecule has 1 aromatic rings. The first-order valence-corrected chi connectivity index (χ1v) is 9.15. The number of aromatic nitrogens is 2. The summed E-state index contributed by atoms with van der Waals surface area (Å²) in [5.74, 6) is 0.514. The summed E-state index contributed by atoms with van der Waals surface area (Å²) in [6, 6.07) is 0.0228. The van der Waals surface area contributed by atoms with Gasteiger partial charge in [0.2, 0.25) is 0 Å². The Morgan fingerprint density at radius 2 is 2.25 bits per heavy atom. The number of thioether (sulfide) groups is 1. The van der Waals surface area contributed by atoms with Crippen LogP contribution in [0.1, 0.15) is 44.0 Å². The molecular formula is C16H24N4O3S. The van der Waals surface area contributed by atoms with Crippen molar-refractivity contribution in [3.05, 3.63) is 11.8 Å². The summed E-state index contributed by atoms with van der Waals surface area (Å²) in [5.41, 5.74) is -0.0932. The number of amides is 1. The Morgan fingerprint density at radius 3 is 2.88 bits per heavy atom. The van der Waals surface area contributed by atoms with E-state index in [0.717, 1.165) is 19.1 Å². The van der Waals surface area contributed by atoms with Gasteiger partial charge in [-0.3, -0.25) is 4.79 Å². The number of ether oxygens (including phenoxy) is 1. The minimum absolute atomic E-state index is 0.0228. The summed E-state index contributed by atoms with van der Waals surface area (Å²) in [4.78, 5) is 33.6. The summed E-state index contributed by atoms with van der Waals surface area (Å²) >= 11 is 1.41. The highest BCUT2D eigenvalue weighted by molar-refractivity contribution is 7.98. The smallest absolute Gasteiger partial charge is 0.410 e. The molecule has 0 aliphatic carbocycles. The summed E-state index contributed by atoms with van der Waals surface area (Å²) < 4.78 is 5.43. The quantitative estimate of drug-likeness (QED) is 0.507. The maximum Gasteiger partial charge on any atom is 0.410 e. The van der Waals surface area contributed by atoms with Crippen LogP contribution in [0.15, 0.2) is 11.4 Å². The highest BCUT2D eigenvalue weighted by Crippen LogP contribution is 2.20. The van der Waals surface area contributed by atoms with Gasteiger partial charge in [0.25, 0.3) is 0 Å². The topological polar surface area (TPSA) is 84.4 Å². The van der Waals surface area contributed by atoms with E-state index in [1.165, 1.54) is 18.0 Å². The van der Waals surface area contributed by atoms with Crippen LogP contribution in [0.2, 0.25) is 0 Å². The molecule has 2 rings (SSSR count). The average Bonchev–Trinajstić information content (AvgIpc) is 2.53. The highest BCUT2D eigenvalue weighted by Gasteiger charge is 2.28. The first kappa shape index (κ1) is 18.5. The van der Waals surface area contributed by atoms with Gasteiger partial charge < -0.3 is 15.0 Å². The number of hydrogen-bond donors (Lipinski definition) is 1. The van der Waals surface area contributed by atoms with E-state index in [-0.39, 0.29) is 12.1 Å². The van der Waals surface area contributed by atoms with Gasteiger partial charge in [0, 0.05) is 25.3 Å². The molecule has 1 unspecified atom stereocenters. The summed E-state index contributed by atoms with van der Waals surface area (Å²) in [5, 5.41) is 3.88. The number of rotatable bonds is 4. The number of nitrogens with one attached hydrogen (secondary N) is 1.